The quantitative estimate of drug-likeness (QED) is 0.560. The average Bonchev–Trinajstić information content (AvgIpc) is 2.48. The molecule has 1 nitrogen and oxygen atoms in total. The van der Waals surface area contributed by atoms with Crippen LogP contribution in [-0.2, 0) is 11.2 Å². The van der Waals surface area contributed by atoms with Gasteiger partial charge in [0, 0.05) is 11.6 Å². The van der Waals surface area contributed by atoms with Crippen LogP contribution >= 0.6 is 43.5 Å². The topological polar surface area (TPSA) is 9.23 Å². The number of methoxy groups -OCH3 is 1. The first-order chi connectivity index (χ1) is 9.63. The molecule has 20 heavy (non-hydrogen) atoms. The zero-order valence-electron chi connectivity index (χ0n) is 11.1. The average molecular weight is 419 g/mol. The van der Waals surface area contributed by atoms with Gasteiger partial charge in [-0.15, -0.1) is 0 Å². The SMILES string of the molecule is COCCc1ccc(C(Br)c2cccc(Br)c2Cl)cc1. The summed E-state index contributed by atoms with van der Waals surface area (Å²) in [5.74, 6) is 0. The molecule has 0 heterocycles. The van der Waals surface area contributed by atoms with Crippen molar-refractivity contribution < 1.29 is 4.74 Å². The molecule has 0 amide bonds. The van der Waals surface area contributed by atoms with E-state index in [0.29, 0.717) is 0 Å². The Morgan fingerprint density at radius 1 is 1.15 bits per heavy atom. The maximum absolute atomic E-state index is 6.34. The third-order valence-corrected chi connectivity index (χ3v) is 5.45. The van der Waals surface area contributed by atoms with Crippen molar-refractivity contribution in [1.82, 2.24) is 0 Å². The molecule has 2 rings (SSSR count). The highest BCUT2D eigenvalue weighted by atomic mass is 79.9. The first-order valence-corrected chi connectivity index (χ1v) is 8.38. The summed E-state index contributed by atoms with van der Waals surface area (Å²) in [7, 11) is 1.72. The van der Waals surface area contributed by atoms with E-state index in [1.807, 2.05) is 18.2 Å². The molecular weight excluding hydrogens is 403 g/mol. The molecule has 0 radical (unpaired) electrons. The Morgan fingerprint density at radius 3 is 2.50 bits per heavy atom. The van der Waals surface area contributed by atoms with Gasteiger partial charge in [0.05, 0.1) is 16.5 Å². The highest BCUT2D eigenvalue weighted by Crippen LogP contribution is 2.38. The molecule has 0 bridgehead atoms. The lowest BCUT2D eigenvalue weighted by Crippen LogP contribution is -1.97. The molecule has 1 atom stereocenters. The maximum Gasteiger partial charge on any atom is 0.0659 e. The summed E-state index contributed by atoms with van der Waals surface area (Å²) >= 11 is 13.5. The number of rotatable bonds is 5. The Labute approximate surface area is 141 Å². The fraction of sp³-hybridized carbons (Fsp3) is 0.250. The van der Waals surface area contributed by atoms with E-state index >= 15 is 0 Å². The summed E-state index contributed by atoms with van der Waals surface area (Å²) in [6.45, 7) is 0.745. The molecule has 0 aromatic heterocycles. The second-order valence-corrected chi connectivity index (χ2v) is 6.64. The minimum atomic E-state index is 0.0870. The largest absolute Gasteiger partial charge is 0.384 e. The van der Waals surface area contributed by atoms with Crippen molar-refractivity contribution in [2.75, 3.05) is 13.7 Å². The van der Waals surface area contributed by atoms with E-state index in [0.717, 1.165) is 28.1 Å². The van der Waals surface area contributed by atoms with E-state index in [1.54, 1.807) is 7.11 Å². The molecule has 0 aliphatic rings. The van der Waals surface area contributed by atoms with Crippen LogP contribution in [0.3, 0.4) is 0 Å². The molecule has 0 aliphatic carbocycles. The van der Waals surface area contributed by atoms with Crippen LogP contribution in [0.4, 0.5) is 0 Å². The van der Waals surface area contributed by atoms with Gasteiger partial charge >= 0.3 is 0 Å². The van der Waals surface area contributed by atoms with E-state index in [4.69, 9.17) is 16.3 Å². The van der Waals surface area contributed by atoms with E-state index < -0.39 is 0 Å². The van der Waals surface area contributed by atoms with Gasteiger partial charge < -0.3 is 4.74 Å². The Kier molecular flexibility index (Phi) is 6.09. The van der Waals surface area contributed by atoms with Gasteiger partial charge in [0.2, 0.25) is 0 Å². The second-order valence-electron chi connectivity index (χ2n) is 4.49. The van der Waals surface area contributed by atoms with E-state index in [2.05, 4.69) is 56.1 Å². The van der Waals surface area contributed by atoms with Crippen molar-refractivity contribution >= 4 is 43.5 Å². The van der Waals surface area contributed by atoms with Gasteiger partial charge in [-0.05, 0) is 45.1 Å². The molecular formula is C16H15Br2ClO. The van der Waals surface area contributed by atoms with Crippen molar-refractivity contribution in [3.05, 3.63) is 68.7 Å². The molecule has 0 spiro atoms. The first kappa shape index (κ1) is 16.0. The van der Waals surface area contributed by atoms with Gasteiger partial charge in [0.15, 0.2) is 0 Å². The van der Waals surface area contributed by atoms with Gasteiger partial charge in [-0.1, -0.05) is 63.9 Å². The Morgan fingerprint density at radius 2 is 1.85 bits per heavy atom. The van der Waals surface area contributed by atoms with Crippen LogP contribution in [0.25, 0.3) is 0 Å². The minimum Gasteiger partial charge on any atom is -0.384 e. The molecule has 0 saturated heterocycles. The third-order valence-electron chi connectivity index (χ3n) is 3.12. The highest BCUT2D eigenvalue weighted by molar-refractivity contribution is 9.10. The van der Waals surface area contributed by atoms with Crippen LogP contribution in [0.1, 0.15) is 21.5 Å². The molecule has 1 unspecified atom stereocenters. The first-order valence-electron chi connectivity index (χ1n) is 6.29. The number of halogens is 3. The van der Waals surface area contributed by atoms with Crippen molar-refractivity contribution in [2.45, 2.75) is 11.2 Å². The van der Waals surface area contributed by atoms with E-state index in [1.165, 1.54) is 11.1 Å². The fourth-order valence-electron chi connectivity index (χ4n) is 1.97. The zero-order chi connectivity index (χ0) is 14.5. The summed E-state index contributed by atoms with van der Waals surface area (Å²) < 4.78 is 6.00. The van der Waals surface area contributed by atoms with E-state index in [-0.39, 0.29) is 4.83 Å². The van der Waals surface area contributed by atoms with Crippen LogP contribution in [0.15, 0.2) is 46.9 Å². The number of benzene rings is 2. The van der Waals surface area contributed by atoms with E-state index in [9.17, 15) is 0 Å². The molecule has 0 aliphatic heterocycles. The van der Waals surface area contributed by atoms with Crippen LogP contribution < -0.4 is 0 Å². The lowest BCUT2D eigenvalue weighted by molar-refractivity contribution is 0.202. The lowest BCUT2D eigenvalue weighted by atomic mass is 10.0. The predicted octanol–water partition coefficient (Wildman–Crippen LogP) is 5.78. The van der Waals surface area contributed by atoms with Gasteiger partial charge in [-0.3, -0.25) is 0 Å². The van der Waals surface area contributed by atoms with Gasteiger partial charge in [0.25, 0.3) is 0 Å². The molecule has 2 aromatic carbocycles. The van der Waals surface area contributed by atoms with Crippen LogP contribution in [-0.4, -0.2) is 13.7 Å². The Balaban J connectivity index is 2.20. The molecule has 4 heteroatoms. The van der Waals surface area contributed by atoms with Crippen molar-refractivity contribution in [3.8, 4) is 0 Å². The van der Waals surface area contributed by atoms with Gasteiger partial charge in [-0.25, -0.2) is 0 Å². The lowest BCUT2D eigenvalue weighted by Gasteiger charge is -2.14. The van der Waals surface area contributed by atoms with Gasteiger partial charge in [0.1, 0.15) is 0 Å². The Bertz CT molecular complexity index is 569. The number of hydrogen-bond donors (Lipinski definition) is 0. The molecule has 0 saturated carbocycles. The standard InChI is InChI=1S/C16H15Br2ClO/c1-20-10-9-11-5-7-12(8-6-11)15(18)13-3-2-4-14(17)16(13)19/h2-8,15H,9-10H2,1H3. The van der Waals surface area contributed by atoms with Gasteiger partial charge in [-0.2, -0.15) is 0 Å². The van der Waals surface area contributed by atoms with Crippen molar-refractivity contribution in [3.63, 3.8) is 0 Å². The predicted molar refractivity (Wildman–Crippen MR) is 91.9 cm³/mol. The van der Waals surface area contributed by atoms with Crippen LogP contribution in [0, 0.1) is 0 Å². The summed E-state index contributed by atoms with van der Waals surface area (Å²) in [6.07, 6.45) is 0.932. The number of alkyl halides is 1. The van der Waals surface area contributed by atoms with Crippen LogP contribution in [0.2, 0.25) is 5.02 Å². The number of hydrogen-bond acceptors (Lipinski definition) is 1. The number of ether oxygens (including phenoxy) is 1. The molecule has 106 valence electrons. The monoisotopic (exact) mass is 416 g/mol. The molecule has 0 fully saturated rings. The third kappa shape index (κ3) is 3.85. The summed E-state index contributed by atoms with van der Waals surface area (Å²) in [6, 6.07) is 14.5. The summed E-state index contributed by atoms with van der Waals surface area (Å²) in [5.41, 5.74) is 3.52. The normalized spacial score (nSPS) is 12.4. The Hall–Kier alpha value is -0.350. The zero-order valence-corrected chi connectivity index (χ0v) is 15.0. The maximum atomic E-state index is 6.34. The second kappa shape index (κ2) is 7.60. The molecule has 0 N–H and O–H groups in total. The highest BCUT2D eigenvalue weighted by Gasteiger charge is 2.15. The smallest absolute Gasteiger partial charge is 0.0659 e. The molecule has 2 aromatic rings. The fourth-order valence-corrected chi connectivity index (χ4v) is 3.40. The van der Waals surface area contributed by atoms with Crippen LogP contribution in [0.5, 0.6) is 0 Å². The summed E-state index contributed by atoms with van der Waals surface area (Å²) in [4.78, 5) is 0.0870. The summed E-state index contributed by atoms with van der Waals surface area (Å²) in [5, 5.41) is 0.748. The van der Waals surface area contributed by atoms with Crippen molar-refractivity contribution in [2.24, 2.45) is 0 Å². The minimum absolute atomic E-state index is 0.0870. The van der Waals surface area contributed by atoms with Crippen molar-refractivity contribution in [1.29, 1.82) is 0 Å².